The number of carbonyl (C=O) groups excluding carboxylic acids is 1. The maximum Gasteiger partial charge on any atom is 0.318 e. The summed E-state index contributed by atoms with van der Waals surface area (Å²) in [6, 6.07) is -0.571. The van der Waals surface area contributed by atoms with Crippen molar-refractivity contribution in [3.63, 3.8) is 0 Å². The minimum Gasteiger partial charge on any atom is -0.481 e. The number of carboxylic acids is 1. The smallest absolute Gasteiger partial charge is 0.318 e. The van der Waals surface area contributed by atoms with Crippen molar-refractivity contribution in [3.05, 3.63) is 12.2 Å². The molecule has 2 N–H and O–H groups in total. The van der Waals surface area contributed by atoms with Crippen LogP contribution in [-0.2, 0) is 18.4 Å². The molecule has 1 aliphatic heterocycles. The quantitative estimate of drug-likeness (QED) is 0.791. The molecule has 1 aromatic rings. The van der Waals surface area contributed by atoms with Crippen molar-refractivity contribution in [2.45, 2.75) is 25.9 Å². The predicted molar refractivity (Wildman–Crippen MR) is 65.1 cm³/mol. The van der Waals surface area contributed by atoms with E-state index in [0.717, 1.165) is 0 Å². The number of amides is 2. The van der Waals surface area contributed by atoms with Gasteiger partial charge in [0.2, 0.25) is 0 Å². The zero-order valence-electron chi connectivity index (χ0n) is 10.9. The maximum absolute atomic E-state index is 12.0. The van der Waals surface area contributed by atoms with Crippen molar-refractivity contribution >= 4 is 12.0 Å². The largest absolute Gasteiger partial charge is 0.481 e. The van der Waals surface area contributed by atoms with Crippen LogP contribution in [0.5, 0.6) is 0 Å². The third-order valence-electron chi connectivity index (χ3n) is 3.38. The number of aromatic nitrogens is 3. The van der Waals surface area contributed by atoms with Gasteiger partial charge in [-0.05, 0) is 13.3 Å². The minimum atomic E-state index is -0.853. The van der Waals surface area contributed by atoms with Crippen molar-refractivity contribution in [2.75, 3.05) is 6.54 Å². The molecule has 2 amide bonds. The van der Waals surface area contributed by atoms with Gasteiger partial charge in [0, 0.05) is 19.6 Å². The fourth-order valence-electron chi connectivity index (χ4n) is 2.28. The van der Waals surface area contributed by atoms with Crippen LogP contribution in [0, 0.1) is 5.92 Å². The van der Waals surface area contributed by atoms with Crippen LogP contribution in [-0.4, -0.2) is 49.4 Å². The Morgan fingerprint density at radius 3 is 2.84 bits per heavy atom. The zero-order chi connectivity index (χ0) is 14.0. The molecule has 2 heterocycles. The van der Waals surface area contributed by atoms with E-state index in [9.17, 15) is 9.59 Å². The number of hydrogen-bond acceptors (Lipinski definition) is 4. The highest BCUT2D eigenvalue weighted by Crippen LogP contribution is 2.24. The monoisotopic (exact) mass is 267 g/mol. The molecule has 8 heteroatoms. The van der Waals surface area contributed by atoms with E-state index in [1.54, 1.807) is 29.9 Å². The van der Waals surface area contributed by atoms with E-state index in [1.807, 2.05) is 0 Å². The summed E-state index contributed by atoms with van der Waals surface area (Å²) in [6.07, 6.45) is 2.05. The number of hydrogen-bond donors (Lipinski definition) is 2. The van der Waals surface area contributed by atoms with Gasteiger partial charge in [-0.25, -0.2) is 9.78 Å². The highest BCUT2D eigenvalue weighted by atomic mass is 16.4. The Labute approximate surface area is 110 Å². The number of aliphatic carboxylic acids is 1. The average Bonchev–Trinajstić information content (AvgIpc) is 2.92. The summed E-state index contributed by atoms with van der Waals surface area (Å²) in [4.78, 5) is 28.5. The van der Waals surface area contributed by atoms with Crippen LogP contribution in [0.25, 0.3) is 0 Å². The Balaban J connectivity index is 1.89. The van der Waals surface area contributed by atoms with E-state index in [4.69, 9.17) is 5.11 Å². The summed E-state index contributed by atoms with van der Waals surface area (Å²) in [5, 5.41) is 15.8. The first-order chi connectivity index (χ1) is 8.99. The summed E-state index contributed by atoms with van der Waals surface area (Å²) >= 11 is 0. The molecule has 0 saturated carbocycles. The third kappa shape index (κ3) is 2.83. The van der Waals surface area contributed by atoms with Crippen LogP contribution in [0.2, 0.25) is 0 Å². The minimum absolute atomic E-state index is 0.237. The molecule has 0 radical (unpaired) electrons. The van der Waals surface area contributed by atoms with E-state index in [1.165, 1.54) is 0 Å². The van der Waals surface area contributed by atoms with Gasteiger partial charge in [-0.1, -0.05) is 0 Å². The van der Waals surface area contributed by atoms with Crippen LogP contribution < -0.4 is 5.32 Å². The Morgan fingerprint density at radius 2 is 2.32 bits per heavy atom. The lowest BCUT2D eigenvalue weighted by Crippen LogP contribution is -2.43. The highest BCUT2D eigenvalue weighted by molar-refractivity contribution is 5.78. The number of likely N-dealkylation sites (tertiary alicyclic amines) is 1. The lowest BCUT2D eigenvalue weighted by molar-refractivity contribution is -0.142. The van der Waals surface area contributed by atoms with Gasteiger partial charge in [0.1, 0.15) is 6.33 Å². The van der Waals surface area contributed by atoms with Gasteiger partial charge < -0.3 is 15.3 Å². The number of rotatable bonds is 3. The van der Waals surface area contributed by atoms with Crippen LogP contribution in [0.4, 0.5) is 4.79 Å². The van der Waals surface area contributed by atoms with Crippen molar-refractivity contribution in [1.82, 2.24) is 25.0 Å². The molecule has 2 rings (SSSR count). The first kappa shape index (κ1) is 13.3. The van der Waals surface area contributed by atoms with Gasteiger partial charge in [-0.2, -0.15) is 5.10 Å². The summed E-state index contributed by atoms with van der Waals surface area (Å²) in [5.74, 6) is -0.814. The zero-order valence-corrected chi connectivity index (χ0v) is 10.9. The molecule has 1 aliphatic rings. The molecule has 0 aliphatic carbocycles. The molecular weight excluding hydrogens is 250 g/mol. The standard InChI is InChI=1S/C11H17N5O3/c1-7-8(10(17)18)3-4-16(7)11(19)12-5-9-13-6-15(2)14-9/h6-8H,3-5H2,1-2H3,(H,12,19)(H,17,18). The van der Waals surface area contributed by atoms with Crippen LogP contribution in [0.1, 0.15) is 19.2 Å². The van der Waals surface area contributed by atoms with E-state index >= 15 is 0 Å². The maximum atomic E-state index is 12.0. The molecule has 8 nitrogen and oxygen atoms in total. The second kappa shape index (κ2) is 5.25. The van der Waals surface area contributed by atoms with Crippen molar-refractivity contribution in [2.24, 2.45) is 13.0 Å². The topological polar surface area (TPSA) is 100 Å². The van der Waals surface area contributed by atoms with Crippen LogP contribution in [0.3, 0.4) is 0 Å². The lowest BCUT2D eigenvalue weighted by atomic mass is 10.0. The van der Waals surface area contributed by atoms with E-state index in [2.05, 4.69) is 15.4 Å². The summed E-state index contributed by atoms with van der Waals surface area (Å²) in [5.41, 5.74) is 0. The number of urea groups is 1. The van der Waals surface area contributed by atoms with E-state index < -0.39 is 11.9 Å². The first-order valence-corrected chi connectivity index (χ1v) is 6.11. The second-order valence-corrected chi connectivity index (χ2v) is 4.66. The number of nitrogens with one attached hydrogen (secondary N) is 1. The lowest BCUT2D eigenvalue weighted by Gasteiger charge is -2.23. The first-order valence-electron chi connectivity index (χ1n) is 6.11. The molecule has 0 spiro atoms. The number of aryl methyl sites for hydroxylation is 1. The Hall–Kier alpha value is -2.12. The summed E-state index contributed by atoms with van der Waals surface area (Å²) in [7, 11) is 1.75. The van der Waals surface area contributed by atoms with Gasteiger partial charge in [-0.15, -0.1) is 0 Å². The van der Waals surface area contributed by atoms with Gasteiger partial charge >= 0.3 is 12.0 Å². The Bertz CT molecular complexity index is 486. The third-order valence-corrected chi connectivity index (χ3v) is 3.38. The summed E-state index contributed by atoms with van der Waals surface area (Å²) < 4.78 is 1.56. The highest BCUT2D eigenvalue weighted by Gasteiger charge is 2.38. The summed E-state index contributed by atoms with van der Waals surface area (Å²) in [6.45, 7) is 2.45. The number of carboxylic acid groups (broad SMARTS) is 1. The normalized spacial score (nSPS) is 22.5. The molecule has 2 atom stereocenters. The van der Waals surface area contributed by atoms with Crippen LogP contribution >= 0.6 is 0 Å². The average molecular weight is 267 g/mol. The molecule has 19 heavy (non-hydrogen) atoms. The molecule has 1 aromatic heterocycles. The molecule has 1 fully saturated rings. The van der Waals surface area contributed by atoms with Gasteiger partial charge in [-0.3, -0.25) is 9.48 Å². The molecule has 2 unspecified atom stereocenters. The molecule has 0 aromatic carbocycles. The van der Waals surface area contributed by atoms with E-state index in [0.29, 0.717) is 18.8 Å². The number of carbonyl (C=O) groups is 2. The molecular formula is C11H17N5O3. The van der Waals surface area contributed by atoms with Crippen LogP contribution in [0.15, 0.2) is 6.33 Å². The molecule has 0 bridgehead atoms. The second-order valence-electron chi connectivity index (χ2n) is 4.66. The van der Waals surface area contributed by atoms with Crippen molar-refractivity contribution in [3.8, 4) is 0 Å². The van der Waals surface area contributed by atoms with Crippen molar-refractivity contribution in [1.29, 1.82) is 0 Å². The Morgan fingerprint density at radius 1 is 1.58 bits per heavy atom. The predicted octanol–water partition coefficient (Wildman–Crippen LogP) is -0.180. The Kier molecular flexibility index (Phi) is 3.68. The SMILES string of the molecule is CC1C(C(=O)O)CCN1C(=O)NCc1ncn(C)n1. The molecule has 1 saturated heterocycles. The fraction of sp³-hybridized carbons (Fsp3) is 0.636. The van der Waals surface area contributed by atoms with Gasteiger partial charge in [0.05, 0.1) is 12.5 Å². The fourth-order valence-corrected chi connectivity index (χ4v) is 2.28. The van der Waals surface area contributed by atoms with Gasteiger partial charge in [0.15, 0.2) is 5.82 Å². The van der Waals surface area contributed by atoms with E-state index in [-0.39, 0.29) is 18.6 Å². The van der Waals surface area contributed by atoms with Gasteiger partial charge in [0.25, 0.3) is 0 Å². The number of nitrogens with zero attached hydrogens (tertiary/aromatic N) is 4. The van der Waals surface area contributed by atoms with Crippen molar-refractivity contribution < 1.29 is 14.7 Å². The molecule has 104 valence electrons.